The van der Waals surface area contributed by atoms with Crippen LogP contribution in [0.5, 0.6) is 11.6 Å². The summed E-state index contributed by atoms with van der Waals surface area (Å²) in [6.45, 7) is 0. The number of methoxy groups -OCH3 is 1. The number of ether oxygens (including phenoxy) is 1. The van der Waals surface area contributed by atoms with E-state index in [2.05, 4.69) is 20.5 Å². The number of nitrogens with zero attached hydrogens (tertiary/aromatic N) is 2. The van der Waals surface area contributed by atoms with E-state index in [1.807, 2.05) is 0 Å². The Morgan fingerprint density at radius 2 is 2.07 bits per heavy atom. The summed E-state index contributed by atoms with van der Waals surface area (Å²) in [5, 5.41) is 26.3. The number of H-pyrrole nitrogens is 1. The van der Waals surface area contributed by atoms with E-state index in [0.717, 1.165) is 0 Å². The molecule has 0 aliphatic rings. The molecule has 0 amide bonds. The lowest BCUT2D eigenvalue weighted by atomic mass is 10.2. The molecule has 3 aromatic rings. The van der Waals surface area contributed by atoms with Gasteiger partial charge in [0, 0.05) is 11.1 Å². The minimum absolute atomic E-state index is 0.0294. The van der Waals surface area contributed by atoms with Gasteiger partial charge in [-0.25, -0.2) is 13.6 Å². The maximum absolute atomic E-state index is 11.4. The minimum atomic E-state index is -3.83. The predicted molar refractivity (Wildman–Crippen MR) is 105 cm³/mol. The maximum atomic E-state index is 11.4. The molecule has 0 spiro atoms. The number of hydrogen-bond acceptors (Lipinski definition) is 6. The molecule has 0 unspecified atom stereocenters. The highest BCUT2D eigenvalue weighted by Crippen LogP contribution is 2.37. The molecule has 0 aliphatic carbocycles. The summed E-state index contributed by atoms with van der Waals surface area (Å²) < 4.78 is 28.0. The summed E-state index contributed by atoms with van der Waals surface area (Å²) in [4.78, 5) is 2.72. The molecule has 0 aliphatic heterocycles. The number of benzene rings is 2. The molecule has 9 nitrogen and oxygen atoms in total. The van der Waals surface area contributed by atoms with E-state index in [1.54, 1.807) is 24.3 Å². The number of anilines is 1. The van der Waals surface area contributed by atoms with Crippen molar-refractivity contribution in [2.24, 2.45) is 15.4 Å². The molecule has 0 saturated carbocycles. The Hall–Kier alpha value is -3.02. The van der Waals surface area contributed by atoms with Gasteiger partial charge in [0.15, 0.2) is 5.69 Å². The summed E-state index contributed by atoms with van der Waals surface area (Å²) in [5.74, 6) is 0.430. The molecule has 0 atom stereocenters. The van der Waals surface area contributed by atoms with Crippen molar-refractivity contribution in [3.05, 3.63) is 42.5 Å². The molecule has 140 valence electrons. The number of azo groups is 1. The fourth-order valence-electron chi connectivity index (χ4n) is 2.37. The molecule has 1 heterocycles. The number of thiocarbonyl (C=S) groups is 1. The van der Waals surface area contributed by atoms with Crippen LogP contribution < -0.4 is 15.2 Å². The second-order valence-electron chi connectivity index (χ2n) is 5.44. The molecule has 0 radical (unpaired) electrons. The summed E-state index contributed by atoms with van der Waals surface area (Å²) >= 11 is 5.09. The number of hydrogen-bond donors (Lipinski definition) is 4. The molecular formula is C16H15N5O4S2. The van der Waals surface area contributed by atoms with Crippen molar-refractivity contribution in [2.45, 2.75) is 4.90 Å². The second kappa shape index (κ2) is 7.31. The number of nitrogens with one attached hydrogen (secondary N) is 2. The number of aromatic amines is 1. The van der Waals surface area contributed by atoms with Crippen molar-refractivity contribution in [1.29, 1.82) is 0 Å². The van der Waals surface area contributed by atoms with Crippen LogP contribution in [0.25, 0.3) is 10.9 Å². The standard InChI is InChI=1S/C16H15N5O4S2/c1-25-10-5-6-13-12(8-10)14(15(22)19-13)20-21-16(26)18-9-3-2-4-11(7-9)27(17,23)24/h2-8,19,22H,1H3,(H,18,26)(H2,17,23,24). The number of fused-ring (bicyclic) bond motifs is 1. The Balaban J connectivity index is 1.83. The van der Waals surface area contributed by atoms with Crippen LogP contribution >= 0.6 is 12.2 Å². The van der Waals surface area contributed by atoms with E-state index in [-0.39, 0.29) is 21.6 Å². The lowest BCUT2D eigenvalue weighted by Crippen LogP contribution is -2.13. The number of sulfonamides is 1. The summed E-state index contributed by atoms with van der Waals surface area (Å²) in [6, 6.07) is 11.0. The summed E-state index contributed by atoms with van der Waals surface area (Å²) in [5.41, 5.74) is 1.24. The van der Waals surface area contributed by atoms with Crippen molar-refractivity contribution >= 4 is 49.6 Å². The first-order valence-electron chi connectivity index (χ1n) is 7.52. The Morgan fingerprint density at radius 1 is 1.30 bits per heavy atom. The predicted octanol–water partition coefficient (Wildman–Crippen LogP) is 3.01. The van der Waals surface area contributed by atoms with Crippen LogP contribution in [-0.4, -0.2) is 30.7 Å². The lowest BCUT2D eigenvalue weighted by molar-refractivity contribution is 0.415. The number of aromatic nitrogens is 1. The van der Waals surface area contributed by atoms with Crippen LogP contribution in [0.4, 0.5) is 11.4 Å². The molecule has 27 heavy (non-hydrogen) atoms. The highest BCUT2D eigenvalue weighted by Gasteiger charge is 2.12. The van der Waals surface area contributed by atoms with Crippen LogP contribution in [0.2, 0.25) is 0 Å². The molecule has 5 N–H and O–H groups in total. The molecule has 1 aromatic heterocycles. The van der Waals surface area contributed by atoms with Crippen LogP contribution in [0.1, 0.15) is 0 Å². The Bertz CT molecular complexity index is 1150. The van der Waals surface area contributed by atoms with Gasteiger partial charge in [0.2, 0.25) is 21.0 Å². The third-order valence-electron chi connectivity index (χ3n) is 3.61. The van der Waals surface area contributed by atoms with Crippen LogP contribution in [0.3, 0.4) is 0 Å². The van der Waals surface area contributed by atoms with Gasteiger partial charge in [0.05, 0.1) is 17.5 Å². The van der Waals surface area contributed by atoms with Crippen molar-refractivity contribution in [1.82, 2.24) is 4.98 Å². The zero-order valence-corrected chi connectivity index (χ0v) is 15.6. The van der Waals surface area contributed by atoms with Crippen molar-refractivity contribution < 1.29 is 18.3 Å². The van der Waals surface area contributed by atoms with Crippen LogP contribution in [-0.2, 0) is 10.0 Å². The average Bonchev–Trinajstić information content (AvgIpc) is 2.93. The molecule has 0 saturated heterocycles. The largest absolute Gasteiger partial charge is 0.497 e. The van der Waals surface area contributed by atoms with Crippen LogP contribution in [0, 0.1) is 0 Å². The van der Waals surface area contributed by atoms with Gasteiger partial charge in [-0.2, -0.15) is 0 Å². The maximum Gasteiger partial charge on any atom is 0.238 e. The zero-order valence-electron chi connectivity index (χ0n) is 14.0. The number of nitrogens with two attached hydrogens (primary N) is 1. The second-order valence-corrected chi connectivity index (χ2v) is 7.38. The Kier molecular flexibility index (Phi) is 5.08. The zero-order chi connectivity index (χ0) is 19.6. The Labute approximate surface area is 159 Å². The fourth-order valence-corrected chi connectivity index (χ4v) is 3.08. The molecular weight excluding hydrogens is 390 g/mol. The van der Waals surface area contributed by atoms with E-state index in [9.17, 15) is 13.5 Å². The van der Waals surface area contributed by atoms with E-state index in [1.165, 1.54) is 25.3 Å². The quantitative estimate of drug-likeness (QED) is 0.388. The highest BCUT2D eigenvalue weighted by atomic mass is 32.2. The minimum Gasteiger partial charge on any atom is -0.497 e. The van der Waals surface area contributed by atoms with Gasteiger partial charge in [-0.05, 0) is 48.6 Å². The van der Waals surface area contributed by atoms with Gasteiger partial charge < -0.3 is 20.1 Å². The van der Waals surface area contributed by atoms with E-state index >= 15 is 0 Å². The fraction of sp³-hybridized carbons (Fsp3) is 0.0625. The van der Waals surface area contributed by atoms with Gasteiger partial charge >= 0.3 is 0 Å². The van der Waals surface area contributed by atoms with Gasteiger partial charge in [-0.3, -0.25) is 0 Å². The van der Waals surface area contributed by atoms with Crippen molar-refractivity contribution in [3.8, 4) is 11.6 Å². The smallest absolute Gasteiger partial charge is 0.238 e. The van der Waals surface area contributed by atoms with E-state index < -0.39 is 10.0 Å². The van der Waals surface area contributed by atoms with E-state index in [0.29, 0.717) is 22.3 Å². The third kappa shape index (κ3) is 4.22. The first-order chi connectivity index (χ1) is 12.8. The molecule has 0 fully saturated rings. The highest BCUT2D eigenvalue weighted by molar-refractivity contribution is 7.89. The summed E-state index contributed by atoms with van der Waals surface area (Å²) in [7, 11) is -2.30. The normalized spacial score (nSPS) is 11.8. The van der Waals surface area contributed by atoms with Gasteiger partial charge in [0.1, 0.15) is 5.75 Å². The van der Waals surface area contributed by atoms with Crippen LogP contribution in [0.15, 0.2) is 57.6 Å². The average molecular weight is 405 g/mol. The lowest BCUT2D eigenvalue weighted by Gasteiger charge is -2.05. The van der Waals surface area contributed by atoms with Gasteiger partial charge in [-0.15, -0.1) is 10.2 Å². The third-order valence-corrected chi connectivity index (χ3v) is 4.71. The van der Waals surface area contributed by atoms with Crippen molar-refractivity contribution in [2.75, 3.05) is 12.4 Å². The molecule has 2 aromatic carbocycles. The monoisotopic (exact) mass is 405 g/mol. The molecule has 11 heteroatoms. The number of aromatic hydroxyl groups is 1. The SMILES string of the molecule is COc1ccc2[nH]c(O)c(N=NC(=S)Nc3cccc(S(N)(=O)=O)c3)c2c1. The first kappa shape index (κ1) is 18.8. The Morgan fingerprint density at radius 3 is 2.78 bits per heavy atom. The van der Waals surface area contributed by atoms with Crippen molar-refractivity contribution in [3.63, 3.8) is 0 Å². The topological polar surface area (TPSA) is 142 Å². The molecule has 0 bridgehead atoms. The van der Waals surface area contributed by atoms with Gasteiger partial charge in [-0.1, -0.05) is 6.07 Å². The number of rotatable bonds is 4. The van der Waals surface area contributed by atoms with E-state index in [4.69, 9.17) is 22.1 Å². The van der Waals surface area contributed by atoms with Gasteiger partial charge in [0.25, 0.3) is 0 Å². The summed E-state index contributed by atoms with van der Waals surface area (Å²) in [6.07, 6.45) is 0. The first-order valence-corrected chi connectivity index (χ1v) is 9.47. The molecule has 3 rings (SSSR count). The number of primary sulfonamides is 1.